The predicted octanol–water partition coefficient (Wildman–Crippen LogP) is 2.41. The first-order chi connectivity index (χ1) is 12.8. The zero-order valence-corrected chi connectivity index (χ0v) is 17.4. The number of benzene rings is 1. The minimum atomic E-state index is -3.51. The highest BCUT2D eigenvalue weighted by atomic mass is 32.2. The van der Waals surface area contributed by atoms with Gasteiger partial charge in [0.2, 0.25) is 10.0 Å². The number of anilines is 1. The van der Waals surface area contributed by atoms with Crippen LogP contribution in [0.1, 0.15) is 37.7 Å². The monoisotopic (exact) mass is 413 g/mol. The van der Waals surface area contributed by atoms with Crippen molar-refractivity contribution >= 4 is 39.0 Å². The number of sulfonamides is 1. The SMILES string of the molecule is COC(=O)CCCNC(=S)Nc1ccc(C)c(S(=O)(=O)N2CCCCC2)c1. The van der Waals surface area contributed by atoms with E-state index in [4.69, 9.17) is 12.2 Å². The minimum absolute atomic E-state index is 0.262. The van der Waals surface area contributed by atoms with E-state index in [0.717, 1.165) is 19.3 Å². The number of hydrogen-bond donors (Lipinski definition) is 2. The van der Waals surface area contributed by atoms with Crippen LogP contribution in [0, 0.1) is 6.92 Å². The molecule has 1 aromatic carbocycles. The molecular formula is C18H27N3O4S2. The average molecular weight is 414 g/mol. The summed E-state index contributed by atoms with van der Waals surface area (Å²) in [7, 11) is -2.15. The van der Waals surface area contributed by atoms with Gasteiger partial charge in [-0.2, -0.15) is 4.31 Å². The quantitative estimate of drug-likeness (QED) is 0.403. The third kappa shape index (κ3) is 6.15. The third-order valence-electron chi connectivity index (χ3n) is 4.45. The van der Waals surface area contributed by atoms with Gasteiger partial charge in [0.05, 0.1) is 12.0 Å². The Morgan fingerprint density at radius 3 is 2.63 bits per heavy atom. The van der Waals surface area contributed by atoms with E-state index in [1.807, 2.05) is 0 Å². The van der Waals surface area contributed by atoms with Crippen LogP contribution in [0.4, 0.5) is 5.69 Å². The Morgan fingerprint density at radius 1 is 1.26 bits per heavy atom. The minimum Gasteiger partial charge on any atom is -0.469 e. The van der Waals surface area contributed by atoms with Gasteiger partial charge in [-0.15, -0.1) is 0 Å². The highest BCUT2D eigenvalue weighted by Gasteiger charge is 2.27. The van der Waals surface area contributed by atoms with Gasteiger partial charge in [0.1, 0.15) is 0 Å². The molecule has 27 heavy (non-hydrogen) atoms. The van der Waals surface area contributed by atoms with Crippen LogP contribution in [-0.2, 0) is 19.6 Å². The molecule has 0 unspecified atom stereocenters. The zero-order valence-electron chi connectivity index (χ0n) is 15.8. The second kappa shape index (κ2) is 10.0. The van der Waals surface area contributed by atoms with Crippen molar-refractivity contribution < 1.29 is 17.9 Å². The van der Waals surface area contributed by atoms with Crippen molar-refractivity contribution in [3.8, 4) is 0 Å². The second-order valence-electron chi connectivity index (χ2n) is 6.51. The van der Waals surface area contributed by atoms with E-state index < -0.39 is 10.0 Å². The number of nitrogens with one attached hydrogen (secondary N) is 2. The van der Waals surface area contributed by atoms with Crippen LogP contribution >= 0.6 is 12.2 Å². The van der Waals surface area contributed by atoms with E-state index in [-0.39, 0.29) is 5.97 Å². The fourth-order valence-electron chi connectivity index (χ4n) is 2.91. The summed E-state index contributed by atoms with van der Waals surface area (Å²) >= 11 is 5.24. The topological polar surface area (TPSA) is 87.7 Å². The summed E-state index contributed by atoms with van der Waals surface area (Å²) < 4.78 is 32.1. The first-order valence-corrected chi connectivity index (χ1v) is 10.9. The van der Waals surface area contributed by atoms with Gasteiger partial charge in [0, 0.05) is 31.7 Å². The zero-order chi connectivity index (χ0) is 19.9. The van der Waals surface area contributed by atoms with E-state index in [9.17, 15) is 13.2 Å². The molecule has 1 aliphatic rings. The number of methoxy groups -OCH3 is 1. The first-order valence-electron chi connectivity index (χ1n) is 9.07. The van der Waals surface area contributed by atoms with Crippen LogP contribution in [0.15, 0.2) is 23.1 Å². The Kier molecular flexibility index (Phi) is 8.00. The maximum Gasteiger partial charge on any atom is 0.305 e. The van der Waals surface area contributed by atoms with Crippen molar-refractivity contribution in [1.82, 2.24) is 9.62 Å². The van der Waals surface area contributed by atoms with Crippen molar-refractivity contribution in [2.45, 2.75) is 43.9 Å². The fourth-order valence-corrected chi connectivity index (χ4v) is 4.90. The van der Waals surface area contributed by atoms with Gasteiger partial charge < -0.3 is 15.4 Å². The van der Waals surface area contributed by atoms with Crippen molar-refractivity contribution in [2.24, 2.45) is 0 Å². The lowest BCUT2D eigenvalue weighted by Crippen LogP contribution is -2.36. The molecule has 1 heterocycles. The Labute approximate surface area is 166 Å². The maximum absolute atomic E-state index is 13.0. The first kappa shape index (κ1) is 21.6. The Bertz CT molecular complexity index is 775. The van der Waals surface area contributed by atoms with Crippen LogP contribution in [0.3, 0.4) is 0 Å². The number of hydrogen-bond acceptors (Lipinski definition) is 5. The van der Waals surface area contributed by atoms with E-state index in [1.54, 1.807) is 29.4 Å². The molecule has 0 spiro atoms. The summed E-state index contributed by atoms with van der Waals surface area (Å²) in [6, 6.07) is 5.20. The molecule has 1 aromatic rings. The highest BCUT2D eigenvalue weighted by molar-refractivity contribution is 7.89. The van der Waals surface area contributed by atoms with Crippen molar-refractivity contribution in [2.75, 3.05) is 32.1 Å². The predicted molar refractivity (Wildman–Crippen MR) is 109 cm³/mol. The van der Waals surface area contributed by atoms with Crippen molar-refractivity contribution in [1.29, 1.82) is 0 Å². The van der Waals surface area contributed by atoms with Crippen molar-refractivity contribution in [3.05, 3.63) is 23.8 Å². The van der Waals surface area contributed by atoms with Gasteiger partial charge in [-0.05, 0) is 56.1 Å². The van der Waals surface area contributed by atoms with Crippen LogP contribution in [0.25, 0.3) is 0 Å². The fraction of sp³-hybridized carbons (Fsp3) is 0.556. The summed E-state index contributed by atoms with van der Waals surface area (Å²) in [6.07, 6.45) is 3.78. The molecule has 2 rings (SSSR count). The number of carbonyl (C=O) groups excluding carboxylic acids is 1. The van der Waals surface area contributed by atoms with Gasteiger partial charge in [0.25, 0.3) is 0 Å². The molecule has 0 radical (unpaired) electrons. The van der Waals surface area contributed by atoms with Crippen LogP contribution in [0.2, 0.25) is 0 Å². The molecule has 1 saturated heterocycles. The van der Waals surface area contributed by atoms with Crippen LogP contribution in [-0.4, -0.2) is 50.5 Å². The highest BCUT2D eigenvalue weighted by Crippen LogP contribution is 2.26. The average Bonchev–Trinajstić information content (AvgIpc) is 2.67. The molecule has 0 aromatic heterocycles. The molecule has 9 heteroatoms. The molecule has 1 aliphatic heterocycles. The third-order valence-corrected chi connectivity index (χ3v) is 6.74. The number of rotatable bonds is 7. The summed E-state index contributed by atoms with van der Waals surface area (Å²) in [4.78, 5) is 11.4. The smallest absolute Gasteiger partial charge is 0.305 e. The molecule has 2 N–H and O–H groups in total. The Hall–Kier alpha value is -1.71. The van der Waals surface area contributed by atoms with E-state index in [1.165, 1.54) is 7.11 Å². The summed E-state index contributed by atoms with van der Waals surface area (Å²) in [6.45, 7) is 3.45. The van der Waals surface area contributed by atoms with Crippen LogP contribution in [0.5, 0.6) is 0 Å². The van der Waals surface area contributed by atoms with Gasteiger partial charge in [-0.1, -0.05) is 12.5 Å². The van der Waals surface area contributed by atoms with Gasteiger partial charge in [-0.3, -0.25) is 4.79 Å². The largest absolute Gasteiger partial charge is 0.469 e. The molecule has 0 saturated carbocycles. The molecule has 0 bridgehead atoms. The molecule has 0 aliphatic carbocycles. The van der Waals surface area contributed by atoms with Gasteiger partial charge in [0.15, 0.2) is 5.11 Å². The number of aryl methyl sites for hydroxylation is 1. The number of esters is 1. The molecule has 7 nitrogen and oxygen atoms in total. The molecular weight excluding hydrogens is 386 g/mol. The van der Waals surface area contributed by atoms with Gasteiger partial charge >= 0.3 is 5.97 Å². The van der Waals surface area contributed by atoms with Gasteiger partial charge in [-0.25, -0.2) is 8.42 Å². The molecule has 150 valence electrons. The number of carbonyl (C=O) groups is 1. The lowest BCUT2D eigenvalue weighted by atomic mass is 10.2. The molecule has 0 amide bonds. The number of piperidine rings is 1. The maximum atomic E-state index is 13.0. The number of nitrogens with zero attached hydrogens (tertiary/aromatic N) is 1. The second-order valence-corrected chi connectivity index (χ2v) is 8.82. The van der Waals surface area contributed by atoms with E-state index in [2.05, 4.69) is 15.4 Å². The lowest BCUT2D eigenvalue weighted by molar-refractivity contribution is -0.140. The van der Waals surface area contributed by atoms with Crippen LogP contribution < -0.4 is 10.6 Å². The molecule has 0 atom stereocenters. The number of thiocarbonyl (C=S) groups is 1. The van der Waals surface area contributed by atoms with Crippen molar-refractivity contribution in [3.63, 3.8) is 0 Å². The standard InChI is InChI=1S/C18H27N3O4S2/c1-14-8-9-15(20-18(26)19-10-6-7-17(22)25-2)13-16(14)27(23,24)21-11-4-3-5-12-21/h8-9,13H,3-7,10-12H2,1-2H3,(H2,19,20,26). The Morgan fingerprint density at radius 2 is 1.96 bits per heavy atom. The van der Waals surface area contributed by atoms with E-state index in [0.29, 0.717) is 53.7 Å². The lowest BCUT2D eigenvalue weighted by Gasteiger charge is -2.26. The normalized spacial score (nSPS) is 15.2. The number of ether oxygens (including phenoxy) is 1. The summed E-state index contributed by atoms with van der Waals surface area (Å²) in [5.74, 6) is -0.262. The summed E-state index contributed by atoms with van der Waals surface area (Å²) in [5.41, 5.74) is 1.32. The molecule has 1 fully saturated rings. The summed E-state index contributed by atoms with van der Waals surface area (Å²) in [5, 5.41) is 6.39. The van der Waals surface area contributed by atoms with E-state index >= 15 is 0 Å². The Balaban J connectivity index is 1.99.